The van der Waals surface area contributed by atoms with E-state index >= 15 is 0 Å². The van der Waals surface area contributed by atoms with Gasteiger partial charge in [0.25, 0.3) is 0 Å². The fourth-order valence-electron chi connectivity index (χ4n) is 4.73. The zero-order chi connectivity index (χ0) is 25.3. The Bertz CT molecular complexity index is 1310. The van der Waals surface area contributed by atoms with Crippen LogP contribution in [0.15, 0.2) is 59.5 Å². The largest absolute Gasteiger partial charge is 0.368 e. The van der Waals surface area contributed by atoms with Crippen molar-refractivity contribution in [3.05, 3.63) is 70.9 Å². The van der Waals surface area contributed by atoms with Gasteiger partial charge in [0.1, 0.15) is 5.82 Å². The molecule has 1 saturated heterocycles. The van der Waals surface area contributed by atoms with Crippen molar-refractivity contribution in [3.63, 3.8) is 0 Å². The van der Waals surface area contributed by atoms with E-state index in [1.165, 1.54) is 9.99 Å². The highest BCUT2D eigenvalue weighted by molar-refractivity contribution is 7.89. The highest BCUT2D eigenvalue weighted by atomic mass is 35.5. The molecule has 0 saturated carbocycles. The molecule has 1 aromatic heterocycles. The topological polar surface area (TPSA) is 72.9 Å². The van der Waals surface area contributed by atoms with Crippen molar-refractivity contribution in [1.82, 2.24) is 14.3 Å². The van der Waals surface area contributed by atoms with Crippen LogP contribution in [0.25, 0.3) is 0 Å². The molecule has 2 aliphatic rings. The molecule has 0 aliphatic carbocycles. The fourth-order valence-corrected chi connectivity index (χ4v) is 6.27. The van der Waals surface area contributed by atoms with E-state index in [0.29, 0.717) is 18.0 Å². The van der Waals surface area contributed by atoms with Gasteiger partial charge in [0.15, 0.2) is 0 Å². The Balaban J connectivity index is 1.40. The van der Waals surface area contributed by atoms with Gasteiger partial charge in [-0.25, -0.2) is 13.4 Å². The first-order valence-corrected chi connectivity index (χ1v) is 14.1. The zero-order valence-corrected chi connectivity index (χ0v) is 22.2. The smallest absolute Gasteiger partial charge is 0.243 e. The minimum Gasteiger partial charge on any atom is -0.368 e. The number of piperazine rings is 1. The lowest BCUT2D eigenvalue weighted by atomic mass is 10.1. The molecule has 0 spiro atoms. The van der Waals surface area contributed by atoms with Gasteiger partial charge in [0.2, 0.25) is 16.0 Å². The van der Waals surface area contributed by atoms with E-state index < -0.39 is 10.0 Å². The van der Waals surface area contributed by atoms with Gasteiger partial charge in [0, 0.05) is 75.6 Å². The van der Waals surface area contributed by atoms with Crippen molar-refractivity contribution in [2.75, 3.05) is 61.0 Å². The Hall–Kier alpha value is -2.88. The van der Waals surface area contributed by atoms with E-state index in [9.17, 15) is 8.42 Å². The lowest BCUT2D eigenvalue weighted by Gasteiger charge is -2.37. The lowest BCUT2D eigenvalue weighted by Crippen LogP contribution is -2.47. The molecule has 3 aromatic rings. The third-order valence-corrected chi connectivity index (χ3v) is 9.07. The summed E-state index contributed by atoms with van der Waals surface area (Å²) in [4.78, 5) is 16.8. The van der Waals surface area contributed by atoms with Crippen molar-refractivity contribution in [2.24, 2.45) is 0 Å². The molecule has 3 heterocycles. The quantitative estimate of drug-likeness (QED) is 0.485. The summed E-state index contributed by atoms with van der Waals surface area (Å²) < 4.78 is 28.2. The van der Waals surface area contributed by atoms with Crippen LogP contribution >= 0.6 is 11.6 Å². The summed E-state index contributed by atoms with van der Waals surface area (Å²) in [5.74, 6) is 1.53. The third-order valence-electron chi connectivity index (χ3n) is 6.96. The van der Waals surface area contributed by atoms with Crippen LogP contribution in [-0.2, 0) is 23.0 Å². The maximum atomic E-state index is 13.3. The molecule has 10 heteroatoms. The number of aromatic nitrogens is 2. The summed E-state index contributed by atoms with van der Waals surface area (Å²) in [7, 11) is -1.66. The third kappa shape index (κ3) is 4.87. The molecular formula is C26H31ClN6O2S. The maximum absolute atomic E-state index is 13.3. The summed E-state index contributed by atoms with van der Waals surface area (Å²) in [6, 6.07) is 16.8. The first-order valence-electron chi connectivity index (χ1n) is 12.3. The van der Waals surface area contributed by atoms with Gasteiger partial charge >= 0.3 is 0 Å². The average Bonchev–Trinajstić information content (AvgIpc) is 2.92. The molecule has 0 amide bonds. The maximum Gasteiger partial charge on any atom is 0.243 e. The highest BCUT2D eigenvalue weighted by Crippen LogP contribution is 2.32. The van der Waals surface area contributed by atoms with Crippen LogP contribution in [0, 0.1) is 0 Å². The predicted molar refractivity (Wildman–Crippen MR) is 145 cm³/mol. The number of rotatable bonds is 6. The number of para-hydroxylation sites is 1. The summed E-state index contributed by atoms with van der Waals surface area (Å²) in [5, 5.41) is 0.510. The Labute approximate surface area is 218 Å². The SMILES string of the molecule is CCN(C)c1nc(N2CCN(c3ccccc3)CC2)nc2c1CN(S(=O)(=O)c1ccc(Cl)cc1)CC2. The summed E-state index contributed by atoms with van der Waals surface area (Å²) in [6.45, 7) is 6.92. The van der Waals surface area contributed by atoms with Crippen molar-refractivity contribution < 1.29 is 8.42 Å². The van der Waals surface area contributed by atoms with Crippen LogP contribution < -0.4 is 14.7 Å². The molecule has 2 aromatic carbocycles. The van der Waals surface area contributed by atoms with Gasteiger partial charge in [0.05, 0.1) is 10.6 Å². The van der Waals surface area contributed by atoms with Crippen LogP contribution in [0.2, 0.25) is 5.02 Å². The average molecular weight is 527 g/mol. The van der Waals surface area contributed by atoms with Crippen molar-refractivity contribution in [3.8, 4) is 0 Å². The van der Waals surface area contributed by atoms with Gasteiger partial charge < -0.3 is 14.7 Å². The first kappa shape index (κ1) is 24.8. The molecule has 5 rings (SSSR count). The van der Waals surface area contributed by atoms with E-state index in [4.69, 9.17) is 21.6 Å². The summed E-state index contributed by atoms with van der Waals surface area (Å²) in [6.07, 6.45) is 0.548. The van der Waals surface area contributed by atoms with E-state index in [2.05, 4.69) is 45.9 Å². The van der Waals surface area contributed by atoms with Crippen LogP contribution in [0.3, 0.4) is 0 Å². The number of sulfonamides is 1. The van der Waals surface area contributed by atoms with Crippen LogP contribution in [0.1, 0.15) is 18.2 Å². The molecule has 2 aliphatic heterocycles. The molecule has 0 atom stereocenters. The van der Waals surface area contributed by atoms with Crippen molar-refractivity contribution in [2.45, 2.75) is 24.8 Å². The number of hydrogen-bond acceptors (Lipinski definition) is 7. The molecule has 8 nitrogen and oxygen atoms in total. The summed E-state index contributed by atoms with van der Waals surface area (Å²) >= 11 is 5.97. The molecule has 0 bridgehead atoms. The first-order chi connectivity index (χ1) is 17.4. The molecule has 0 radical (unpaired) electrons. The van der Waals surface area contributed by atoms with Gasteiger partial charge in [-0.05, 0) is 43.3 Å². The number of nitrogens with zero attached hydrogens (tertiary/aromatic N) is 6. The number of fused-ring (bicyclic) bond motifs is 1. The Kier molecular flexibility index (Phi) is 7.05. The zero-order valence-electron chi connectivity index (χ0n) is 20.6. The van der Waals surface area contributed by atoms with Crippen molar-refractivity contribution in [1.29, 1.82) is 0 Å². The molecule has 0 unspecified atom stereocenters. The summed E-state index contributed by atoms with van der Waals surface area (Å²) in [5.41, 5.74) is 3.05. The standard InChI is InChI=1S/C26H31ClN6O2S/c1-3-30(2)25-23-19-33(36(34,35)22-11-9-20(27)10-12-22)14-13-24(23)28-26(29-25)32-17-15-31(16-18-32)21-7-5-4-6-8-21/h4-12H,3,13-19H2,1-2H3. The second kappa shape index (κ2) is 10.2. The van der Waals surface area contributed by atoms with E-state index in [0.717, 1.165) is 55.7 Å². The van der Waals surface area contributed by atoms with E-state index in [-0.39, 0.29) is 11.4 Å². The minimum absolute atomic E-state index is 0.245. The molecule has 36 heavy (non-hydrogen) atoms. The molecule has 190 valence electrons. The molecule has 1 fully saturated rings. The second-order valence-electron chi connectivity index (χ2n) is 9.14. The Morgan fingerprint density at radius 2 is 1.58 bits per heavy atom. The van der Waals surface area contributed by atoms with Gasteiger partial charge in [-0.2, -0.15) is 9.29 Å². The van der Waals surface area contributed by atoms with E-state index in [1.807, 2.05) is 13.1 Å². The lowest BCUT2D eigenvalue weighted by molar-refractivity contribution is 0.387. The van der Waals surface area contributed by atoms with Gasteiger partial charge in [-0.3, -0.25) is 0 Å². The molecule has 0 N–H and O–H groups in total. The Morgan fingerprint density at radius 3 is 2.25 bits per heavy atom. The molecular weight excluding hydrogens is 496 g/mol. The number of anilines is 3. The van der Waals surface area contributed by atoms with Crippen LogP contribution in [0.5, 0.6) is 0 Å². The van der Waals surface area contributed by atoms with Crippen molar-refractivity contribution >= 4 is 39.1 Å². The second-order valence-corrected chi connectivity index (χ2v) is 11.5. The van der Waals surface area contributed by atoms with Gasteiger partial charge in [-0.1, -0.05) is 29.8 Å². The highest BCUT2D eigenvalue weighted by Gasteiger charge is 2.32. The minimum atomic E-state index is -3.65. The normalized spacial score (nSPS) is 16.6. The number of benzene rings is 2. The predicted octanol–water partition coefficient (Wildman–Crippen LogP) is 3.66. The number of halogens is 1. The van der Waals surface area contributed by atoms with Crippen LogP contribution in [0.4, 0.5) is 17.5 Å². The van der Waals surface area contributed by atoms with E-state index in [1.54, 1.807) is 24.3 Å². The Morgan fingerprint density at radius 1 is 0.917 bits per heavy atom. The van der Waals surface area contributed by atoms with Crippen LogP contribution in [-0.4, -0.2) is 69.0 Å². The number of hydrogen-bond donors (Lipinski definition) is 0. The monoisotopic (exact) mass is 526 g/mol. The van der Waals surface area contributed by atoms with Gasteiger partial charge in [-0.15, -0.1) is 0 Å². The fraction of sp³-hybridized carbons (Fsp3) is 0.385.